The first-order valence-corrected chi connectivity index (χ1v) is 14.8. The molecule has 42 heavy (non-hydrogen) atoms. The maximum atomic E-state index is 13.9. The Kier molecular flexibility index (Phi) is 11.7. The molecule has 0 aliphatic heterocycles. The van der Waals surface area contributed by atoms with Gasteiger partial charge < -0.3 is 15.4 Å². The largest absolute Gasteiger partial charge is 0.489 e. The van der Waals surface area contributed by atoms with E-state index in [1.54, 1.807) is 12.4 Å². The molecule has 2 aromatic carbocycles. The van der Waals surface area contributed by atoms with Gasteiger partial charge in [-0.15, -0.1) is 0 Å². The second kappa shape index (κ2) is 15.0. The van der Waals surface area contributed by atoms with E-state index in [4.69, 9.17) is 4.74 Å². The fourth-order valence-corrected chi connectivity index (χ4v) is 4.49. The first-order valence-electron chi connectivity index (χ1n) is 14.8. The van der Waals surface area contributed by atoms with Crippen LogP contribution in [0.5, 0.6) is 5.75 Å². The lowest BCUT2D eigenvalue weighted by molar-refractivity contribution is -0.132. The Morgan fingerprint density at radius 3 is 2.10 bits per heavy atom. The summed E-state index contributed by atoms with van der Waals surface area (Å²) in [7, 11) is 1.98. The standard InChI is InChI=1S/C35H48N4O3/c1-34(2,3)19-21-39(7)31(23-28-14-11-20-36-24-28)33(41)37-30(32(40)38-35(4,5)6)22-26-15-17-29(18-16-26)42-25-27-12-9-8-10-13-27/h8-18,20,24,30-31H,19,21-23,25H2,1-7H3,(H,37,41)(H,38,40). The topological polar surface area (TPSA) is 83.6 Å². The summed E-state index contributed by atoms with van der Waals surface area (Å²) >= 11 is 0. The maximum absolute atomic E-state index is 13.9. The average Bonchev–Trinajstić information content (AvgIpc) is 2.93. The van der Waals surface area contributed by atoms with Gasteiger partial charge in [0, 0.05) is 24.4 Å². The highest BCUT2D eigenvalue weighted by molar-refractivity contribution is 5.90. The Morgan fingerprint density at radius 2 is 1.50 bits per heavy atom. The number of rotatable bonds is 13. The zero-order valence-corrected chi connectivity index (χ0v) is 26.3. The monoisotopic (exact) mass is 572 g/mol. The second-order valence-corrected chi connectivity index (χ2v) is 13.3. The normalized spacial score (nSPS) is 13.3. The van der Waals surface area contributed by atoms with E-state index in [0.717, 1.165) is 35.4 Å². The van der Waals surface area contributed by atoms with E-state index in [-0.39, 0.29) is 17.2 Å². The summed E-state index contributed by atoms with van der Waals surface area (Å²) in [6.45, 7) is 13.6. The molecule has 2 unspecified atom stereocenters. The van der Waals surface area contributed by atoms with E-state index in [1.165, 1.54) is 0 Å². The van der Waals surface area contributed by atoms with Crippen molar-refractivity contribution in [2.75, 3.05) is 13.6 Å². The van der Waals surface area contributed by atoms with Crippen molar-refractivity contribution in [1.82, 2.24) is 20.5 Å². The number of aromatic nitrogens is 1. The summed E-state index contributed by atoms with van der Waals surface area (Å²) < 4.78 is 5.93. The fourth-order valence-electron chi connectivity index (χ4n) is 4.49. The minimum atomic E-state index is -0.736. The van der Waals surface area contributed by atoms with Crippen LogP contribution in [0.1, 0.15) is 64.7 Å². The smallest absolute Gasteiger partial charge is 0.243 e. The zero-order chi connectivity index (χ0) is 30.8. The van der Waals surface area contributed by atoms with E-state index in [0.29, 0.717) is 19.4 Å². The number of nitrogens with one attached hydrogen (secondary N) is 2. The van der Waals surface area contributed by atoms with Crippen molar-refractivity contribution in [3.8, 4) is 5.75 Å². The molecular formula is C35H48N4O3. The van der Waals surface area contributed by atoms with Crippen molar-refractivity contribution in [1.29, 1.82) is 0 Å². The van der Waals surface area contributed by atoms with Gasteiger partial charge in [-0.05, 0) is 87.5 Å². The third-order valence-electron chi connectivity index (χ3n) is 6.94. The lowest BCUT2D eigenvalue weighted by Crippen LogP contribution is -2.57. The highest BCUT2D eigenvalue weighted by atomic mass is 16.5. The van der Waals surface area contributed by atoms with Crippen LogP contribution >= 0.6 is 0 Å². The van der Waals surface area contributed by atoms with Gasteiger partial charge in [-0.1, -0.05) is 69.3 Å². The Hall–Kier alpha value is -3.71. The van der Waals surface area contributed by atoms with E-state index in [1.807, 2.05) is 94.5 Å². The van der Waals surface area contributed by atoms with Gasteiger partial charge in [0.25, 0.3) is 0 Å². The molecule has 0 aliphatic carbocycles. The van der Waals surface area contributed by atoms with Crippen LogP contribution in [0.25, 0.3) is 0 Å². The molecular weight excluding hydrogens is 524 g/mol. The van der Waals surface area contributed by atoms with Gasteiger partial charge in [-0.3, -0.25) is 19.5 Å². The molecule has 0 aliphatic rings. The summed E-state index contributed by atoms with van der Waals surface area (Å²) in [5.74, 6) is 0.365. The minimum Gasteiger partial charge on any atom is -0.489 e. The van der Waals surface area contributed by atoms with E-state index in [9.17, 15) is 9.59 Å². The molecule has 0 bridgehead atoms. The Labute approximate surface area is 252 Å². The number of hydrogen-bond acceptors (Lipinski definition) is 5. The van der Waals surface area contributed by atoms with Crippen LogP contribution in [0.15, 0.2) is 79.1 Å². The number of ether oxygens (including phenoxy) is 1. The summed E-state index contributed by atoms with van der Waals surface area (Å²) in [6.07, 6.45) is 5.32. The maximum Gasteiger partial charge on any atom is 0.243 e. The molecule has 0 spiro atoms. The molecule has 7 nitrogen and oxygen atoms in total. The molecule has 3 rings (SSSR count). The molecule has 1 aromatic heterocycles. The van der Waals surface area contributed by atoms with Gasteiger partial charge in [-0.25, -0.2) is 0 Å². The lowest BCUT2D eigenvalue weighted by Gasteiger charge is -2.32. The predicted molar refractivity (Wildman–Crippen MR) is 169 cm³/mol. The van der Waals surface area contributed by atoms with Crippen molar-refractivity contribution >= 4 is 11.8 Å². The van der Waals surface area contributed by atoms with Gasteiger partial charge in [0.05, 0.1) is 6.04 Å². The van der Waals surface area contributed by atoms with E-state index in [2.05, 4.69) is 41.3 Å². The SMILES string of the molecule is CN(CCC(C)(C)C)C(Cc1cccnc1)C(=O)NC(Cc1ccc(OCc2ccccc2)cc1)C(=O)NC(C)(C)C. The zero-order valence-electron chi connectivity index (χ0n) is 26.3. The highest BCUT2D eigenvalue weighted by Crippen LogP contribution is 2.20. The summed E-state index contributed by atoms with van der Waals surface area (Å²) in [5, 5.41) is 6.16. The fraction of sp³-hybridized carbons (Fsp3) is 0.457. The molecule has 7 heteroatoms. The van der Waals surface area contributed by atoms with Gasteiger partial charge >= 0.3 is 0 Å². The average molecular weight is 573 g/mol. The van der Waals surface area contributed by atoms with Crippen LogP contribution in [0, 0.1) is 5.41 Å². The molecule has 0 saturated carbocycles. The molecule has 226 valence electrons. The van der Waals surface area contributed by atoms with Crippen LogP contribution in [0.4, 0.5) is 0 Å². The van der Waals surface area contributed by atoms with Crippen molar-refractivity contribution in [2.24, 2.45) is 5.41 Å². The highest BCUT2D eigenvalue weighted by Gasteiger charge is 2.30. The molecule has 2 N–H and O–H groups in total. The Balaban J connectivity index is 1.76. The van der Waals surface area contributed by atoms with Crippen molar-refractivity contribution in [3.63, 3.8) is 0 Å². The van der Waals surface area contributed by atoms with Gasteiger partial charge in [0.1, 0.15) is 18.4 Å². The third-order valence-corrected chi connectivity index (χ3v) is 6.94. The van der Waals surface area contributed by atoms with E-state index < -0.39 is 17.6 Å². The van der Waals surface area contributed by atoms with Crippen LogP contribution in [-0.2, 0) is 29.0 Å². The Morgan fingerprint density at radius 1 is 0.833 bits per heavy atom. The number of carbonyl (C=O) groups is 2. The van der Waals surface area contributed by atoms with Crippen molar-refractivity contribution < 1.29 is 14.3 Å². The first-order chi connectivity index (χ1) is 19.8. The van der Waals surface area contributed by atoms with Crippen LogP contribution in [0.2, 0.25) is 0 Å². The number of nitrogens with zero attached hydrogens (tertiary/aromatic N) is 2. The first kappa shape index (κ1) is 32.8. The summed E-state index contributed by atoms with van der Waals surface area (Å²) in [4.78, 5) is 33.7. The number of benzene rings is 2. The number of amides is 2. The quantitative estimate of drug-likeness (QED) is 0.279. The molecule has 0 fully saturated rings. The van der Waals surface area contributed by atoms with E-state index >= 15 is 0 Å². The van der Waals surface area contributed by atoms with Crippen molar-refractivity contribution in [3.05, 3.63) is 95.8 Å². The van der Waals surface area contributed by atoms with Gasteiger partial charge in [-0.2, -0.15) is 0 Å². The number of likely N-dealkylation sites (N-methyl/N-ethyl adjacent to an activating group) is 1. The van der Waals surface area contributed by atoms with Gasteiger partial charge in [0.2, 0.25) is 11.8 Å². The Bertz CT molecular complexity index is 1250. The third kappa shape index (κ3) is 11.6. The molecule has 0 radical (unpaired) electrons. The predicted octanol–water partition coefficient (Wildman–Crippen LogP) is 5.58. The summed E-state index contributed by atoms with van der Waals surface area (Å²) in [6, 6.07) is 20.4. The van der Waals surface area contributed by atoms with Crippen LogP contribution < -0.4 is 15.4 Å². The number of carbonyl (C=O) groups excluding carboxylic acids is 2. The minimum absolute atomic E-state index is 0.135. The van der Waals surface area contributed by atoms with Crippen LogP contribution in [0.3, 0.4) is 0 Å². The molecule has 3 aromatic rings. The molecule has 2 atom stereocenters. The van der Waals surface area contributed by atoms with Gasteiger partial charge in [0.15, 0.2) is 0 Å². The molecule has 1 heterocycles. The second-order valence-electron chi connectivity index (χ2n) is 13.3. The molecule has 2 amide bonds. The van der Waals surface area contributed by atoms with Crippen LogP contribution in [-0.4, -0.2) is 52.9 Å². The van der Waals surface area contributed by atoms with Crippen molar-refractivity contribution in [2.45, 2.75) is 85.0 Å². The number of hydrogen-bond donors (Lipinski definition) is 2. The number of pyridine rings is 1. The molecule has 0 saturated heterocycles. The summed E-state index contributed by atoms with van der Waals surface area (Å²) in [5.41, 5.74) is 2.70. The lowest BCUT2D eigenvalue weighted by atomic mass is 9.91.